The maximum Gasteiger partial charge on any atom is 0.230 e. The third-order valence-electron chi connectivity index (χ3n) is 4.46. The van der Waals surface area contributed by atoms with Crippen LogP contribution >= 0.6 is 0 Å². The molecule has 1 aromatic rings. The highest BCUT2D eigenvalue weighted by atomic mass is 16.2. The molecule has 2 rings (SSSR count). The topological polar surface area (TPSA) is 49.4 Å². The first-order valence-corrected chi connectivity index (χ1v) is 8.27. The van der Waals surface area contributed by atoms with Gasteiger partial charge in [0.2, 0.25) is 11.8 Å². The van der Waals surface area contributed by atoms with Gasteiger partial charge in [-0.05, 0) is 31.4 Å². The summed E-state index contributed by atoms with van der Waals surface area (Å²) in [6, 6.07) is 7.83. The van der Waals surface area contributed by atoms with Gasteiger partial charge in [-0.3, -0.25) is 9.59 Å². The lowest BCUT2D eigenvalue weighted by Gasteiger charge is -2.34. The third-order valence-corrected chi connectivity index (χ3v) is 4.46. The number of unbranched alkanes of at least 4 members (excludes halogenated alkanes) is 1. The maximum absolute atomic E-state index is 13.1. The molecule has 1 aliphatic heterocycles. The fraction of sp³-hybridized carbons (Fsp3) is 0.556. The second-order valence-corrected chi connectivity index (χ2v) is 6.03. The largest absolute Gasteiger partial charge is 0.339 e. The first kappa shape index (κ1) is 16.5. The first-order chi connectivity index (χ1) is 10.6. The van der Waals surface area contributed by atoms with E-state index in [0.29, 0.717) is 0 Å². The number of hydrogen-bond donors (Lipinski definition) is 1. The Morgan fingerprint density at radius 1 is 1.36 bits per heavy atom. The molecular weight excluding hydrogens is 276 g/mol. The smallest absolute Gasteiger partial charge is 0.230 e. The van der Waals surface area contributed by atoms with Crippen molar-refractivity contribution in [3.05, 3.63) is 29.8 Å². The summed E-state index contributed by atoms with van der Waals surface area (Å²) < 4.78 is 0. The summed E-state index contributed by atoms with van der Waals surface area (Å²) in [7, 11) is 0. The summed E-state index contributed by atoms with van der Waals surface area (Å²) in [6.45, 7) is 7.08. The van der Waals surface area contributed by atoms with Crippen LogP contribution in [0.15, 0.2) is 24.3 Å². The quantitative estimate of drug-likeness (QED) is 0.873. The molecule has 1 aliphatic rings. The Labute approximate surface area is 132 Å². The molecule has 4 nitrogen and oxygen atoms in total. The van der Waals surface area contributed by atoms with E-state index in [2.05, 4.69) is 26.1 Å². The fourth-order valence-corrected chi connectivity index (χ4v) is 2.93. The minimum absolute atomic E-state index is 0.0726. The summed E-state index contributed by atoms with van der Waals surface area (Å²) in [6.07, 6.45) is 3.23. The van der Waals surface area contributed by atoms with Gasteiger partial charge in [-0.15, -0.1) is 0 Å². The Morgan fingerprint density at radius 2 is 2.09 bits per heavy atom. The average Bonchev–Trinajstić information content (AvgIpc) is 2.53. The molecule has 0 bridgehead atoms. The Morgan fingerprint density at radius 3 is 2.77 bits per heavy atom. The predicted octanol–water partition coefficient (Wildman–Crippen LogP) is 3.54. The number of nitrogens with one attached hydrogen (secondary N) is 1. The van der Waals surface area contributed by atoms with Crippen molar-refractivity contribution in [2.75, 3.05) is 11.9 Å². The van der Waals surface area contributed by atoms with Gasteiger partial charge in [-0.2, -0.15) is 0 Å². The molecule has 0 spiro atoms. The summed E-state index contributed by atoms with van der Waals surface area (Å²) >= 11 is 0. The van der Waals surface area contributed by atoms with Crippen molar-refractivity contribution in [2.45, 2.75) is 58.4 Å². The van der Waals surface area contributed by atoms with Crippen LogP contribution in [0.25, 0.3) is 0 Å². The number of amides is 2. The van der Waals surface area contributed by atoms with E-state index in [1.54, 1.807) is 0 Å². The van der Waals surface area contributed by atoms with Gasteiger partial charge < -0.3 is 10.2 Å². The monoisotopic (exact) mass is 302 g/mol. The van der Waals surface area contributed by atoms with Gasteiger partial charge in [-0.25, -0.2) is 0 Å². The predicted molar refractivity (Wildman–Crippen MR) is 88.8 cm³/mol. The van der Waals surface area contributed by atoms with Crippen molar-refractivity contribution >= 4 is 17.5 Å². The summed E-state index contributed by atoms with van der Waals surface area (Å²) in [4.78, 5) is 27.0. The van der Waals surface area contributed by atoms with E-state index < -0.39 is 0 Å². The molecule has 0 fully saturated rings. The van der Waals surface area contributed by atoms with Crippen molar-refractivity contribution in [1.82, 2.24) is 4.90 Å². The molecule has 0 aromatic heterocycles. The molecule has 0 saturated carbocycles. The zero-order valence-corrected chi connectivity index (χ0v) is 13.8. The molecule has 1 heterocycles. The van der Waals surface area contributed by atoms with Gasteiger partial charge in [0, 0.05) is 24.7 Å². The van der Waals surface area contributed by atoms with E-state index in [0.717, 1.165) is 37.1 Å². The van der Waals surface area contributed by atoms with Gasteiger partial charge in [0.25, 0.3) is 0 Å². The average molecular weight is 302 g/mol. The Balaban J connectivity index is 2.28. The van der Waals surface area contributed by atoms with Crippen molar-refractivity contribution in [3.63, 3.8) is 0 Å². The SMILES string of the molecule is CCCCN(C(=O)C1CC(=O)Nc2ccccc21)C(C)CC. The Hall–Kier alpha value is -1.84. The number of carbonyl (C=O) groups is 2. The van der Waals surface area contributed by atoms with Gasteiger partial charge in [0.15, 0.2) is 0 Å². The molecule has 0 aliphatic carbocycles. The van der Waals surface area contributed by atoms with Gasteiger partial charge in [0.1, 0.15) is 0 Å². The van der Waals surface area contributed by atoms with Gasteiger partial charge >= 0.3 is 0 Å². The number of nitrogens with zero attached hydrogens (tertiary/aromatic N) is 1. The lowest BCUT2D eigenvalue weighted by Crippen LogP contribution is -2.43. The lowest BCUT2D eigenvalue weighted by atomic mass is 9.89. The zero-order valence-electron chi connectivity index (χ0n) is 13.8. The van der Waals surface area contributed by atoms with Crippen LogP contribution in [0.1, 0.15) is 57.9 Å². The highest BCUT2D eigenvalue weighted by Crippen LogP contribution is 2.34. The van der Waals surface area contributed by atoms with Gasteiger partial charge in [0.05, 0.1) is 5.92 Å². The number of fused-ring (bicyclic) bond motifs is 1. The standard InChI is InChI=1S/C18H26N2O2/c1-4-6-11-20(13(3)5-2)18(22)15-12-17(21)19-16-10-8-7-9-14(15)16/h7-10,13,15H,4-6,11-12H2,1-3H3,(H,19,21). The van der Waals surface area contributed by atoms with E-state index in [1.165, 1.54) is 0 Å². The van der Waals surface area contributed by atoms with Crippen LogP contribution in [0.5, 0.6) is 0 Å². The Bertz CT molecular complexity index is 542. The fourth-order valence-electron chi connectivity index (χ4n) is 2.93. The first-order valence-electron chi connectivity index (χ1n) is 8.27. The lowest BCUT2D eigenvalue weighted by molar-refractivity contribution is -0.137. The zero-order chi connectivity index (χ0) is 16.1. The molecule has 1 aromatic carbocycles. The summed E-state index contributed by atoms with van der Waals surface area (Å²) in [5.74, 6) is -0.336. The van der Waals surface area contributed by atoms with E-state index in [4.69, 9.17) is 0 Å². The van der Waals surface area contributed by atoms with E-state index >= 15 is 0 Å². The van der Waals surface area contributed by atoms with E-state index in [1.807, 2.05) is 29.2 Å². The minimum Gasteiger partial charge on any atom is -0.339 e. The van der Waals surface area contributed by atoms with Crippen LogP contribution in [0.4, 0.5) is 5.69 Å². The van der Waals surface area contributed by atoms with Crippen LogP contribution in [0, 0.1) is 0 Å². The third kappa shape index (κ3) is 3.49. The number of hydrogen-bond acceptors (Lipinski definition) is 2. The summed E-state index contributed by atoms with van der Waals surface area (Å²) in [5, 5.41) is 2.86. The molecule has 22 heavy (non-hydrogen) atoms. The number of anilines is 1. The number of benzene rings is 1. The molecule has 2 atom stereocenters. The second kappa shape index (κ2) is 7.43. The molecule has 0 saturated heterocycles. The van der Waals surface area contributed by atoms with Gasteiger partial charge in [-0.1, -0.05) is 38.5 Å². The molecule has 4 heteroatoms. The van der Waals surface area contributed by atoms with E-state index in [-0.39, 0.29) is 30.2 Å². The minimum atomic E-state index is -0.351. The molecule has 2 unspecified atom stereocenters. The molecule has 1 N–H and O–H groups in total. The summed E-state index contributed by atoms with van der Waals surface area (Å²) in [5.41, 5.74) is 1.72. The second-order valence-electron chi connectivity index (χ2n) is 6.03. The maximum atomic E-state index is 13.1. The van der Waals surface area contributed by atoms with Crippen molar-refractivity contribution in [1.29, 1.82) is 0 Å². The van der Waals surface area contributed by atoms with Crippen molar-refractivity contribution in [2.24, 2.45) is 0 Å². The highest BCUT2D eigenvalue weighted by Gasteiger charge is 2.34. The van der Waals surface area contributed by atoms with Crippen LogP contribution in [0.2, 0.25) is 0 Å². The number of para-hydroxylation sites is 1. The number of carbonyl (C=O) groups excluding carboxylic acids is 2. The van der Waals surface area contributed by atoms with E-state index in [9.17, 15) is 9.59 Å². The highest BCUT2D eigenvalue weighted by molar-refractivity contribution is 6.01. The molecular formula is C18H26N2O2. The Kier molecular flexibility index (Phi) is 5.58. The number of rotatable bonds is 6. The van der Waals surface area contributed by atoms with Crippen LogP contribution in [-0.4, -0.2) is 29.3 Å². The van der Waals surface area contributed by atoms with Crippen LogP contribution < -0.4 is 5.32 Å². The molecule has 120 valence electrons. The van der Waals surface area contributed by atoms with Crippen LogP contribution in [-0.2, 0) is 9.59 Å². The van der Waals surface area contributed by atoms with Crippen molar-refractivity contribution < 1.29 is 9.59 Å². The molecule has 0 radical (unpaired) electrons. The normalized spacial score (nSPS) is 18.3. The van der Waals surface area contributed by atoms with Crippen LogP contribution in [0.3, 0.4) is 0 Å². The van der Waals surface area contributed by atoms with Crippen molar-refractivity contribution in [3.8, 4) is 0 Å². The molecule has 2 amide bonds.